The third-order valence-electron chi connectivity index (χ3n) is 6.75. The Labute approximate surface area is 260 Å². The lowest BCUT2D eigenvalue weighted by atomic mass is 9.90. The van der Waals surface area contributed by atoms with Gasteiger partial charge < -0.3 is 4.90 Å². The van der Waals surface area contributed by atoms with Gasteiger partial charge in [-0.25, -0.2) is 0 Å². The van der Waals surface area contributed by atoms with E-state index in [1.807, 2.05) is 91.0 Å². The van der Waals surface area contributed by atoms with Crippen molar-refractivity contribution in [2.45, 2.75) is 0 Å². The highest BCUT2D eigenvalue weighted by Crippen LogP contribution is 2.40. The first-order valence-corrected chi connectivity index (χ1v) is 14.4. The molecule has 1 aromatic heterocycles. The molecule has 0 aliphatic rings. The monoisotopic (exact) mass is 581 g/mol. The first-order chi connectivity index (χ1) is 21.7. The zero-order chi connectivity index (χ0) is 30.7. The predicted octanol–water partition coefficient (Wildman–Crippen LogP) is 9.69. The predicted molar refractivity (Wildman–Crippen MR) is 177 cm³/mol. The summed E-state index contributed by atoms with van der Waals surface area (Å²) in [5.41, 5.74) is 4.93. The van der Waals surface area contributed by atoms with Crippen LogP contribution in [0, 0.1) is 45.3 Å². The highest BCUT2D eigenvalue weighted by atomic mass is 32.1. The molecule has 0 bridgehead atoms. The van der Waals surface area contributed by atoms with Gasteiger partial charge in [-0.2, -0.15) is 21.0 Å². The molecule has 0 saturated carbocycles. The molecule has 0 fully saturated rings. The van der Waals surface area contributed by atoms with Crippen molar-refractivity contribution in [3.63, 3.8) is 0 Å². The third kappa shape index (κ3) is 6.38. The van der Waals surface area contributed by atoms with Crippen LogP contribution >= 0.6 is 11.3 Å². The topological polar surface area (TPSA) is 98.4 Å². The maximum atomic E-state index is 9.81. The van der Waals surface area contributed by atoms with Crippen molar-refractivity contribution in [1.29, 1.82) is 21.0 Å². The van der Waals surface area contributed by atoms with Crippen molar-refractivity contribution in [3.05, 3.63) is 159 Å². The maximum absolute atomic E-state index is 9.81. The van der Waals surface area contributed by atoms with Gasteiger partial charge in [-0.1, -0.05) is 84.9 Å². The molecule has 0 N–H and O–H groups in total. The summed E-state index contributed by atoms with van der Waals surface area (Å²) in [5.74, 6) is 0. The van der Waals surface area contributed by atoms with Gasteiger partial charge in [0.25, 0.3) is 0 Å². The van der Waals surface area contributed by atoms with Gasteiger partial charge in [0, 0.05) is 38.0 Å². The lowest BCUT2D eigenvalue weighted by Gasteiger charge is -2.25. The van der Waals surface area contributed by atoms with E-state index >= 15 is 0 Å². The van der Waals surface area contributed by atoms with E-state index in [0.717, 1.165) is 27.5 Å². The number of anilines is 3. The average molecular weight is 582 g/mol. The summed E-state index contributed by atoms with van der Waals surface area (Å²) in [4.78, 5) is 3.69. The fourth-order valence-electron chi connectivity index (χ4n) is 4.75. The molecule has 0 aliphatic heterocycles. The molecule has 44 heavy (non-hydrogen) atoms. The van der Waals surface area contributed by atoms with Crippen molar-refractivity contribution in [3.8, 4) is 24.3 Å². The molecular weight excluding hydrogens is 559 g/mol. The Morgan fingerprint density at radius 1 is 0.500 bits per heavy atom. The number of hydrogen-bond acceptors (Lipinski definition) is 6. The maximum Gasteiger partial charge on any atom is 0.138 e. The first-order valence-electron chi connectivity index (χ1n) is 13.6. The minimum Gasteiger partial charge on any atom is -0.311 e. The molecule has 0 radical (unpaired) electrons. The van der Waals surface area contributed by atoms with Gasteiger partial charge in [-0.05, 0) is 65.7 Å². The van der Waals surface area contributed by atoms with Gasteiger partial charge in [0.15, 0.2) is 0 Å². The van der Waals surface area contributed by atoms with Gasteiger partial charge in [0.2, 0.25) is 0 Å². The molecule has 0 saturated heterocycles. The van der Waals surface area contributed by atoms with Crippen molar-refractivity contribution in [1.82, 2.24) is 0 Å². The van der Waals surface area contributed by atoms with E-state index in [1.54, 1.807) is 24.3 Å². The van der Waals surface area contributed by atoms with Crippen LogP contribution in [0.4, 0.5) is 17.1 Å². The van der Waals surface area contributed by atoms with E-state index in [4.69, 9.17) is 0 Å². The summed E-state index contributed by atoms with van der Waals surface area (Å²) >= 11 is 1.38. The van der Waals surface area contributed by atoms with E-state index in [0.29, 0.717) is 10.4 Å². The molecule has 0 aliphatic carbocycles. The summed E-state index contributed by atoms with van der Waals surface area (Å²) in [6.45, 7) is 0. The Hall–Kier alpha value is -6.44. The average Bonchev–Trinajstić information content (AvgIpc) is 3.56. The summed E-state index contributed by atoms with van der Waals surface area (Å²) in [5, 5.41) is 39.1. The fraction of sp³-hybridized carbons (Fsp3) is 0. The molecule has 0 unspecified atom stereocenters. The largest absolute Gasteiger partial charge is 0.311 e. The Morgan fingerprint density at radius 3 is 1.50 bits per heavy atom. The smallest absolute Gasteiger partial charge is 0.138 e. The van der Waals surface area contributed by atoms with E-state index in [9.17, 15) is 21.0 Å². The van der Waals surface area contributed by atoms with Crippen LogP contribution < -0.4 is 4.90 Å². The first kappa shape index (κ1) is 29.1. The van der Waals surface area contributed by atoms with Gasteiger partial charge >= 0.3 is 0 Å². The number of benzene rings is 4. The molecule has 0 amide bonds. The van der Waals surface area contributed by atoms with Crippen LogP contribution in [0.2, 0.25) is 0 Å². The second-order valence-corrected chi connectivity index (χ2v) is 10.6. The molecule has 206 valence electrons. The molecule has 6 heteroatoms. The molecule has 5 aromatic rings. The number of thiophene rings is 1. The lowest BCUT2D eigenvalue weighted by Crippen LogP contribution is -2.09. The molecule has 5 nitrogen and oxygen atoms in total. The van der Waals surface area contributed by atoms with Gasteiger partial charge in [-0.3, -0.25) is 0 Å². The van der Waals surface area contributed by atoms with Crippen molar-refractivity contribution in [2.75, 3.05) is 4.90 Å². The van der Waals surface area contributed by atoms with Gasteiger partial charge in [-0.15, -0.1) is 11.3 Å². The summed E-state index contributed by atoms with van der Waals surface area (Å²) < 4.78 is 0. The summed E-state index contributed by atoms with van der Waals surface area (Å²) in [6.07, 6.45) is 3.96. The van der Waals surface area contributed by atoms with E-state index < -0.39 is 0 Å². The Kier molecular flexibility index (Phi) is 9.22. The molecular formula is C38H23N5S. The normalized spacial score (nSPS) is 10.1. The number of nitrogens with zero attached hydrogens (tertiary/aromatic N) is 5. The Balaban J connectivity index is 1.47. The quantitative estimate of drug-likeness (QED) is 0.134. The summed E-state index contributed by atoms with van der Waals surface area (Å²) in [6, 6.07) is 49.1. The standard InChI is InChI=1S/C38H23N5S/c39-24-30(25-40)37(29-10-4-1-5-11-29)38(31(26-41)27-42)36-23-22-35(44-36)21-18-28-16-19-34(20-17-28)43(32-12-6-2-7-13-32)33-14-8-3-9-15-33/h1-23H/b21-18+. The zero-order valence-electron chi connectivity index (χ0n) is 23.4. The van der Waals surface area contributed by atoms with Crippen molar-refractivity contribution >= 4 is 51.7 Å². The van der Waals surface area contributed by atoms with Crippen LogP contribution in [0.1, 0.15) is 20.9 Å². The SMILES string of the molecule is N#CC(C#N)=C(C(=C(C#N)C#N)c1ccc(/C=C/c2ccc(N(c3ccccc3)c3ccccc3)cc2)s1)c1ccccc1. The molecule has 1 heterocycles. The second kappa shape index (κ2) is 14.0. The van der Waals surface area contributed by atoms with Crippen molar-refractivity contribution < 1.29 is 0 Å². The van der Waals surface area contributed by atoms with Crippen LogP contribution in [0.25, 0.3) is 23.3 Å². The van der Waals surface area contributed by atoms with E-state index in [-0.39, 0.29) is 22.3 Å². The number of rotatable bonds is 8. The number of allylic oxidation sites excluding steroid dienone is 4. The zero-order valence-corrected chi connectivity index (χ0v) is 24.2. The van der Waals surface area contributed by atoms with E-state index in [1.165, 1.54) is 11.3 Å². The number of hydrogen-bond donors (Lipinski definition) is 0. The van der Waals surface area contributed by atoms with Crippen LogP contribution in [-0.2, 0) is 0 Å². The third-order valence-corrected chi connectivity index (χ3v) is 7.82. The van der Waals surface area contributed by atoms with Crippen LogP contribution in [-0.4, -0.2) is 0 Å². The van der Waals surface area contributed by atoms with Crippen LogP contribution in [0.15, 0.2) is 139 Å². The number of para-hydroxylation sites is 2. The molecule has 4 aromatic carbocycles. The van der Waals surface area contributed by atoms with Crippen LogP contribution in [0.3, 0.4) is 0 Å². The van der Waals surface area contributed by atoms with E-state index in [2.05, 4.69) is 53.4 Å². The minimum absolute atomic E-state index is 0.166. The van der Waals surface area contributed by atoms with Gasteiger partial charge in [0.1, 0.15) is 35.4 Å². The lowest BCUT2D eigenvalue weighted by molar-refractivity contribution is 1.28. The minimum atomic E-state index is -0.167. The highest BCUT2D eigenvalue weighted by molar-refractivity contribution is 7.14. The second-order valence-electron chi connectivity index (χ2n) is 9.45. The Bertz CT molecular complexity index is 1950. The van der Waals surface area contributed by atoms with Gasteiger partial charge in [0.05, 0.1) is 0 Å². The number of nitriles is 4. The molecule has 0 atom stereocenters. The van der Waals surface area contributed by atoms with Crippen molar-refractivity contribution in [2.24, 2.45) is 0 Å². The Morgan fingerprint density at radius 2 is 0.977 bits per heavy atom. The summed E-state index contributed by atoms with van der Waals surface area (Å²) in [7, 11) is 0. The highest BCUT2D eigenvalue weighted by Gasteiger charge is 2.22. The molecule has 5 rings (SSSR count). The van der Waals surface area contributed by atoms with Crippen LogP contribution in [0.5, 0.6) is 0 Å². The fourth-order valence-corrected chi connectivity index (χ4v) is 5.72. The molecule has 0 spiro atoms.